The molecule has 0 saturated heterocycles. The second-order valence-electron chi connectivity index (χ2n) is 6.91. The van der Waals surface area contributed by atoms with Crippen LogP contribution in [0.2, 0.25) is 0 Å². The smallest absolute Gasteiger partial charge is 0.297 e. The number of ether oxygens (including phenoxy) is 2. The van der Waals surface area contributed by atoms with Crippen LogP contribution in [0.4, 0.5) is 0 Å². The average molecular weight is 391 g/mol. The minimum Gasteiger partial charge on any atom is -0.493 e. The van der Waals surface area contributed by atoms with E-state index in [2.05, 4.69) is 0 Å². The standard InChI is InChI=1S/C21H26O5S/c1-15-8-11-17(12-9-15)27(22,23)26-19-7-5-4-6-18(19)16-10-13-20(24-2)21(14-16)25-3/h8-14,18-19H,4-7H2,1-3H3/t18-,19-/m1/s1. The summed E-state index contributed by atoms with van der Waals surface area (Å²) in [5.41, 5.74) is 2.02. The lowest BCUT2D eigenvalue weighted by Gasteiger charge is -2.31. The Morgan fingerprint density at radius 1 is 0.889 bits per heavy atom. The number of hydrogen-bond acceptors (Lipinski definition) is 5. The lowest BCUT2D eigenvalue weighted by molar-refractivity contribution is 0.137. The molecule has 0 N–H and O–H groups in total. The fraction of sp³-hybridized carbons (Fsp3) is 0.429. The molecule has 0 unspecified atom stereocenters. The van der Waals surface area contributed by atoms with E-state index in [1.807, 2.05) is 25.1 Å². The molecular weight excluding hydrogens is 364 g/mol. The van der Waals surface area contributed by atoms with Gasteiger partial charge in [-0.15, -0.1) is 0 Å². The van der Waals surface area contributed by atoms with Crippen LogP contribution in [0.25, 0.3) is 0 Å². The van der Waals surface area contributed by atoms with Crippen LogP contribution in [-0.4, -0.2) is 28.7 Å². The van der Waals surface area contributed by atoms with E-state index < -0.39 is 10.1 Å². The lowest BCUT2D eigenvalue weighted by Crippen LogP contribution is -2.28. The van der Waals surface area contributed by atoms with Gasteiger partial charge in [0.1, 0.15) is 0 Å². The molecule has 146 valence electrons. The van der Waals surface area contributed by atoms with Gasteiger partial charge in [-0.2, -0.15) is 8.42 Å². The summed E-state index contributed by atoms with van der Waals surface area (Å²) in [5.74, 6) is 1.29. The van der Waals surface area contributed by atoms with Crippen LogP contribution in [0.15, 0.2) is 47.4 Å². The molecule has 0 heterocycles. The van der Waals surface area contributed by atoms with E-state index in [1.165, 1.54) is 0 Å². The first kappa shape index (κ1) is 19.7. The van der Waals surface area contributed by atoms with Crippen molar-refractivity contribution in [2.24, 2.45) is 0 Å². The SMILES string of the molecule is COc1ccc([C@H]2CCCC[C@H]2OS(=O)(=O)c2ccc(C)cc2)cc1OC. The summed E-state index contributed by atoms with van der Waals surface area (Å²) >= 11 is 0. The predicted molar refractivity (Wildman–Crippen MR) is 104 cm³/mol. The molecule has 27 heavy (non-hydrogen) atoms. The Morgan fingerprint density at radius 2 is 1.56 bits per heavy atom. The maximum absolute atomic E-state index is 12.7. The quantitative estimate of drug-likeness (QED) is 0.682. The van der Waals surface area contributed by atoms with E-state index in [-0.39, 0.29) is 16.9 Å². The van der Waals surface area contributed by atoms with Crippen LogP contribution in [0, 0.1) is 6.92 Å². The van der Waals surface area contributed by atoms with Crippen LogP contribution in [0.5, 0.6) is 11.5 Å². The molecule has 0 amide bonds. The minimum absolute atomic E-state index is 0.00113. The molecule has 2 atom stereocenters. The van der Waals surface area contributed by atoms with Gasteiger partial charge in [0.15, 0.2) is 11.5 Å². The van der Waals surface area contributed by atoms with Gasteiger partial charge in [-0.25, -0.2) is 0 Å². The highest BCUT2D eigenvalue weighted by Gasteiger charge is 2.32. The highest BCUT2D eigenvalue weighted by Crippen LogP contribution is 2.39. The van der Waals surface area contributed by atoms with Crippen molar-refractivity contribution in [2.45, 2.75) is 49.5 Å². The summed E-state index contributed by atoms with van der Waals surface area (Å²) < 4.78 is 41.9. The zero-order valence-corrected chi connectivity index (χ0v) is 16.8. The fourth-order valence-corrected chi connectivity index (χ4v) is 4.74. The molecule has 6 heteroatoms. The van der Waals surface area contributed by atoms with Crippen molar-refractivity contribution in [1.29, 1.82) is 0 Å². The number of hydrogen-bond donors (Lipinski definition) is 0. The maximum Gasteiger partial charge on any atom is 0.297 e. The predicted octanol–water partition coefficient (Wildman–Crippen LogP) is 4.44. The van der Waals surface area contributed by atoms with Crippen molar-refractivity contribution < 1.29 is 22.1 Å². The molecule has 5 nitrogen and oxygen atoms in total. The van der Waals surface area contributed by atoms with Gasteiger partial charge in [0.25, 0.3) is 10.1 Å². The van der Waals surface area contributed by atoms with Crippen molar-refractivity contribution in [3.63, 3.8) is 0 Å². The fourth-order valence-electron chi connectivity index (χ4n) is 3.60. The van der Waals surface area contributed by atoms with E-state index in [0.717, 1.165) is 30.4 Å². The molecule has 1 aliphatic rings. The molecule has 1 fully saturated rings. The van der Waals surface area contributed by atoms with Gasteiger partial charge >= 0.3 is 0 Å². The average Bonchev–Trinajstić information content (AvgIpc) is 2.68. The second-order valence-corrected chi connectivity index (χ2v) is 8.48. The third kappa shape index (κ3) is 4.45. The van der Waals surface area contributed by atoms with Crippen molar-refractivity contribution in [3.8, 4) is 11.5 Å². The highest BCUT2D eigenvalue weighted by molar-refractivity contribution is 7.86. The van der Waals surface area contributed by atoms with Crippen LogP contribution in [0.3, 0.4) is 0 Å². The molecule has 1 aliphatic carbocycles. The molecule has 3 rings (SSSR count). The molecule has 0 spiro atoms. The largest absolute Gasteiger partial charge is 0.493 e. The Kier molecular flexibility index (Phi) is 6.07. The lowest BCUT2D eigenvalue weighted by atomic mass is 9.81. The number of methoxy groups -OCH3 is 2. The summed E-state index contributed by atoms with van der Waals surface area (Å²) in [6.45, 7) is 1.92. The van der Waals surface area contributed by atoms with Crippen LogP contribution >= 0.6 is 0 Å². The van der Waals surface area contributed by atoms with Crippen molar-refractivity contribution in [2.75, 3.05) is 14.2 Å². The monoisotopic (exact) mass is 390 g/mol. The van der Waals surface area contributed by atoms with Gasteiger partial charge in [0, 0.05) is 5.92 Å². The summed E-state index contributed by atoms with van der Waals surface area (Å²) in [4.78, 5) is 0.199. The number of rotatable bonds is 6. The topological polar surface area (TPSA) is 61.8 Å². The third-order valence-electron chi connectivity index (χ3n) is 5.10. The van der Waals surface area contributed by atoms with Gasteiger partial charge < -0.3 is 9.47 Å². The van der Waals surface area contributed by atoms with Gasteiger partial charge in [0.05, 0.1) is 25.2 Å². The zero-order valence-electron chi connectivity index (χ0n) is 16.0. The summed E-state index contributed by atoms with van der Waals surface area (Å²) in [7, 11) is -0.611. The Bertz CT molecular complexity index is 874. The van der Waals surface area contributed by atoms with Crippen molar-refractivity contribution in [3.05, 3.63) is 53.6 Å². The van der Waals surface area contributed by atoms with Crippen LogP contribution < -0.4 is 9.47 Å². The minimum atomic E-state index is -3.80. The Hall–Kier alpha value is -2.05. The van der Waals surface area contributed by atoms with E-state index in [4.69, 9.17) is 13.7 Å². The molecule has 1 saturated carbocycles. The highest BCUT2D eigenvalue weighted by atomic mass is 32.2. The van der Waals surface area contributed by atoms with E-state index >= 15 is 0 Å². The Labute approximate surface area is 161 Å². The number of aryl methyl sites for hydroxylation is 1. The Morgan fingerprint density at radius 3 is 2.22 bits per heavy atom. The first-order chi connectivity index (χ1) is 12.9. The van der Waals surface area contributed by atoms with Gasteiger partial charge in [0.2, 0.25) is 0 Å². The van der Waals surface area contributed by atoms with Crippen molar-refractivity contribution >= 4 is 10.1 Å². The molecule has 0 radical (unpaired) electrons. The Balaban J connectivity index is 1.86. The third-order valence-corrected chi connectivity index (χ3v) is 6.45. The van der Waals surface area contributed by atoms with E-state index in [9.17, 15) is 8.42 Å². The van der Waals surface area contributed by atoms with Gasteiger partial charge in [-0.1, -0.05) is 36.6 Å². The number of benzene rings is 2. The van der Waals surface area contributed by atoms with Gasteiger partial charge in [-0.3, -0.25) is 4.18 Å². The molecule has 2 aromatic rings. The first-order valence-electron chi connectivity index (χ1n) is 9.16. The van der Waals surface area contributed by atoms with Crippen LogP contribution in [-0.2, 0) is 14.3 Å². The van der Waals surface area contributed by atoms with Gasteiger partial charge in [-0.05, 0) is 49.6 Å². The summed E-state index contributed by atoms with van der Waals surface area (Å²) in [6, 6.07) is 12.5. The summed E-state index contributed by atoms with van der Waals surface area (Å²) in [5, 5.41) is 0. The normalized spacial score (nSPS) is 20.3. The zero-order chi connectivity index (χ0) is 19.4. The van der Waals surface area contributed by atoms with E-state index in [1.54, 1.807) is 38.5 Å². The van der Waals surface area contributed by atoms with E-state index in [0.29, 0.717) is 17.9 Å². The molecule has 2 aromatic carbocycles. The molecular formula is C21H26O5S. The summed E-state index contributed by atoms with van der Waals surface area (Å²) in [6.07, 6.45) is 3.21. The van der Waals surface area contributed by atoms with Crippen LogP contribution in [0.1, 0.15) is 42.7 Å². The molecule has 0 aliphatic heterocycles. The molecule has 0 bridgehead atoms. The van der Waals surface area contributed by atoms with Crippen molar-refractivity contribution in [1.82, 2.24) is 0 Å². The first-order valence-corrected chi connectivity index (χ1v) is 10.6. The maximum atomic E-state index is 12.7. The second kappa shape index (κ2) is 8.31. The molecule has 0 aromatic heterocycles.